The van der Waals surface area contributed by atoms with Gasteiger partial charge in [0.1, 0.15) is 11.9 Å². The minimum Gasteiger partial charge on any atom is -0.497 e. The number of benzene rings is 2. The molecule has 2 aromatic carbocycles. The third-order valence-electron chi connectivity index (χ3n) is 4.30. The zero-order chi connectivity index (χ0) is 14.4. The van der Waals surface area contributed by atoms with E-state index >= 15 is 0 Å². The van der Waals surface area contributed by atoms with Crippen LogP contribution in [0.5, 0.6) is 11.5 Å². The second kappa shape index (κ2) is 4.95. The van der Waals surface area contributed by atoms with Gasteiger partial charge in [0.2, 0.25) is 0 Å². The van der Waals surface area contributed by atoms with Crippen molar-refractivity contribution in [3.05, 3.63) is 52.0 Å². The van der Waals surface area contributed by atoms with Crippen LogP contribution in [0.15, 0.2) is 40.9 Å². The Kier molecular flexibility index (Phi) is 3.07. The fraction of sp³-hybridized carbons (Fsp3) is 0.294. The van der Waals surface area contributed by atoms with Crippen LogP contribution in [0.25, 0.3) is 0 Å². The summed E-state index contributed by atoms with van der Waals surface area (Å²) in [5.41, 5.74) is 3.66. The minimum atomic E-state index is 0.0610. The second-order valence-corrected chi connectivity index (χ2v) is 6.36. The lowest BCUT2D eigenvalue weighted by Gasteiger charge is -2.39. The molecular weight excluding hydrogens is 330 g/mol. The highest BCUT2D eigenvalue weighted by molar-refractivity contribution is 9.10. The van der Waals surface area contributed by atoms with E-state index in [1.807, 2.05) is 18.2 Å². The van der Waals surface area contributed by atoms with Crippen molar-refractivity contribution >= 4 is 21.6 Å². The highest BCUT2D eigenvalue weighted by Gasteiger charge is 2.36. The number of nitrogens with one attached hydrogen (secondary N) is 1. The molecule has 0 saturated carbocycles. The Morgan fingerprint density at radius 1 is 1.29 bits per heavy atom. The molecular formula is C17H16BrNO2. The molecule has 108 valence electrons. The molecule has 2 unspecified atom stereocenters. The van der Waals surface area contributed by atoms with E-state index in [1.54, 1.807) is 7.11 Å². The standard InChI is InChI=1S/C17H16BrNO2/c1-20-11-6-7-12-10(9-11)5-8-15-16(12)21-17-13(18)3-2-4-14(17)19-15/h2-4,6-7,9,15-16,19H,5,8H2,1H3. The summed E-state index contributed by atoms with van der Waals surface area (Å²) in [4.78, 5) is 0. The van der Waals surface area contributed by atoms with E-state index < -0.39 is 0 Å². The fourth-order valence-electron chi connectivity index (χ4n) is 3.24. The zero-order valence-corrected chi connectivity index (χ0v) is 13.3. The molecule has 0 fully saturated rings. The van der Waals surface area contributed by atoms with E-state index in [-0.39, 0.29) is 6.10 Å². The third-order valence-corrected chi connectivity index (χ3v) is 4.92. The average molecular weight is 346 g/mol. The van der Waals surface area contributed by atoms with Gasteiger partial charge < -0.3 is 14.8 Å². The van der Waals surface area contributed by atoms with Gasteiger partial charge in [-0.2, -0.15) is 0 Å². The summed E-state index contributed by atoms with van der Waals surface area (Å²) in [6, 6.07) is 12.7. The van der Waals surface area contributed by atoms with Crippen molar-refractivity contribution < 1.29 is 9.47 Å². The first-order valence-electron chi connectivity index (χ1n) is 7.15. The summed E-state index contributed by atoms with van der Waals surface area (Å²) >= 11 is 3.58. The van der Waals surface area contributed by atoms with Gasteiger partial charge in [0.05, 0.1) is 23.3 Å². The number of hydrogen-bond acceptors (Lipinski definition) is 3. The zero-order valence-electron chi connectivity index (χ0n) is 11.7. The Hall–Kier alpha value is -1.68. The van der Waals surface area contributed by atoms with Gasteiger partial charge >= 0.3 is 0 Å². The van der Waals surface area contributed by atoms with E-state index in [2.05, 4.69) is 39.4 Å². The van der Waals surface area contributed by atoms with Crippen molar-refractivity contribution in [1.29, 1.82) is 0 Å². The fourth-order valence-corrected chi connectivity index (χ4v) is 3.70. The average Bonchev–Trinajstić information content (AvgIpc) is 2.53. The minimum absolute atomic E-state index is 0.0610. The summed E-state index contributed by atoms with van der Waals surface area (Å²) in [6.07, 6.45) is 2.18. The number of aryl methyl sites for hydroxylation is 1. The molecule has 0 radical (unpaired) electrons. The number of halogens is 1. The molecule has 1 N–H and O–H groups in total. The molecule has 0 spiro atoms. The molecule has 4 rings (SSSR count). The van der Waals surface area contributed by atoms with Gasteiger partial charge in [0, 0.05) is 0 Å². The topological polar surface area (TPSA) is 30.5 Å². The van der Waals surface area contributed by atoms with Crippen LogP contribution in [0, 0.1) is 0 Å². The van der Waals surface area contributed by atoms with Gasteiger partial charge in [0.25, 0.3) is 0 Å². The molecule has 1 aliphatic carbocycles. The van der Waals surface area contributed by atoms with Crippen LogP contribution in [-0.2, 0) is 6.42 Å². The quantitative estimate of drug-likeness (QED) is 0.834. The molecule has 2 aliphatic rings. The number of para-hydroxylation sites is 1. The summed E-state index contributed by atoms with van der Waals surface area (Å²) in [6.45, 7) is 0. The third kappa shape index (κ3) is 2.09. The number of methoxy groups -OCH3 is 1. The second-order valence-electron chi connectivity index (χ2n) is 5.51. The van der Waals surface area contributed by atoms with Crippen LogP contribution in [0.2, 0.25) is 0 Å². The lowest BCUT2D eigenvalue weighted by atomic mass is 9.84. The normalized spacial score (nSPS) is 22.2. The molecule has 21 heavy (non-hydrogen) atoms. The van der Waals surface area contributed by atoms with Crippen LogP contribution >= 0.6 is 15.9 Å². The van der Waals surface area contributed by atoms with Gasteiger partial charge in [-0.05, 0) is 64.2 Å². The van der Waals surface area contributed by atoms with Crippen molar-refractivity contribution in [3.63, 3.8) is 0 Å². The smallest absolute Gasteiger partial charge is 0.157 e. The van der Waals surface area contributed by atoms with Crippen LogP contribution in [0.1, 0.15) is 23.7 Å². The maximum atomic E-state index is 6.32. The van der Waals surface area contributed by atoms with E-state index in [0.717, 1.165) is 34.5 Å². The lowest BCUT2D eigenvalue weighted by Crippen LogP contribution is -2.38. The molecule has 0 amide bonds. The van der Waals surface area contributed by atoms with Crippen LogP contribution in [0.4, 0.5) is 5.69 Å². The predicted octanol–water partition coefficient (Wildman–Crippen LogP) is 4.32. The number of fused-ring (bicyclic) bond motifs is 4. The molecule has 0 aromatic heterocycles. The van der Waals surface area contributed by atoms with Gasteiger partial charge in [-0.1, -0.05) is 12.1 Å². The van der Waals surface area contributed by atoms with Crippen LogP contribution in [-0.4, -0.2) is 13.2 Å². The number of anilines is 1. The maximum Gasteiger partial charge on any atom is 0.157 e. The van der Waals surface area contributed by atoms with Gasteiger partial charge in [-0.15, -0.1) is 0 Å². The largest absolute Gasteiger partial charge is 0.497 e. The summed E-state index contributed by atoms with van der Waals surface area (Å²) < 4.78 is 12.6. The van der Waals surface area contributed by atoms with E-state index in [9.17, 15) is 0 Å². The van der Waals surface area contributed by atoms with E-state index in [0.29, 0.717) is 6.04 Å². The Morgan fingerprint density at radius 3 is 3.05 bits per heavy atom. The van der Waals surface area contributed by atoms with Gasteiger partial charge in [-0.25, -0.2) is 0 Å². The lowest BCUT2D eigenvalue weighted by molar-refractivity contribution is 0.156. The first-order chi connectivity index (χ1) is 10.3. The summed E-state index contributed by atoms with van der Waals surface area (Å²) in [5.74, 6) is 1.82. The molecule has 4 heteroatoms. The molecule has 2 atom stereocenters. The summed E-state index contributed by atoms with van der Waals surface area (Å²) in [5, 5.41) is 3.62. The molecule has 1 aliphatic heterocycles. The molecule has 0 bridgehead atoms. The molecule has 2 aromatic rings. The first kappa shape index (κ1) is 13.0. The van der Waals surface area contributed by atoms with Crippen molar-refractivity contribution in [2.45, 2.75) is 25.0 Å². The Bertz CT molecular complexity index is 701. The van der Waals surface area contributed by atoms with Gasteiger partial charge in [-0.3, -0.25) is 0 Å². The van der Waals surface area contributed by atoms with E-state index in [1.165, 1.54) is 11.1 Å². The van der Waals surface area contributed by atoms with Crippen molar-refractivity contribution in [1.82, 2.24) is 0 Å². The highest BCUT2D eigenvalue weighted by Crippen LogP contribution is 2.45. The van der Waals surface area contributed by atoms with Crippen molar-refractivity contribution in [2.75, 3.05) is 12.4 Å². The Balaban J connectivity index is 1.76. The Morgan fingerprint density at radius 2 is 2.19 bits per heavy atom. The van der Waals surface area contributed by atoms with Crippen LogP contribution in [0.3, 0.4) is 0 Å². The molecule has 1 heterocycles. The maximum absolute atomic E-state index is 6.32. The number of rotatable bonds is 1. The number of hydrogen-bond donors (Lipinski definition) is 1. The number of ether oxygens (including phenoxy) is 2. The van der Waals surface area contributed by atoms with Crippen molar-refractivity contribution in [3.8, 4) is 11.5 Å². The Labute approximate surface area is 132 Å². The van der Waals surface area contributed by atoms with Crippen LogP contribution < -0.4 is 14.8 Å². The molecule has 0 saturated heterocycles. The SMILES string of the molecule is COc1ccc2c(c1)CCC1Nc3cccc(Br)c3OC21. The van der Waals surface area contributed by atoms with Crippen molar-refractivity contribution in [2.24, 2.45) is 0 Å². The summed E-state index contributed by atoms with van der Waals surface area (Å²) in [7, 11) is 1.71. The highest BCUT2D eigenvalue weighted by atomic mass is 79.9. The first-order valence-corrected chi connectivity index (χ1v) is 7.94. The molecule has 3 nitrogen and oxygen atoms in total. The van der Waals surface area contributed by atoms with E-state index in [4.69, 9.17) is 9.47 Å². The predicted molar refractivity (Wildman–Crippen MR) is 86.2 cm³/mol. The van der Waals surface area contributed by atoms with Gasteiger partial charge in [0.15, 0.2) is 5.75 Å². The monoisotopic (exact) mass is 345 g/mol.